The van der Waals surface area contributed by atoms with E-state index in [1.807, 2.05) is 0 Å². The molecule has 0 unspecified atom stereocenters. The van der Waals surface area contributed by atoms with E-state index in [0.717, 1.165) is 18.4 Å². The number of aromatic hydroxyl groups is 1. The van der Waals surface area contributed by atoms with E-state index in [0.29, 0.717) is 5.75 Å². The fourth-order valence-corrected chi connectivity index (χ4v) is 2.54. The summed E-state index contributed by atoms with van der Waals surface area (Å²) in [5, 5.41) is 19.7. The van der Waals surface area contributed by atoms with Crippen molar-refractivity contribution in [2.75, 3.05) is 7.11 Å². The molecule has 0 aliphatic heterocycles. The molecule has 0 amide bonds. The fraction of sp³-hybridized carbons (Fsp3) is 0.667. The maximum atomic E-state index is 10.2. The number of benzene rings is 1. The van der Waals surface area contributed by atoms with Crippen LogP contribution in [0.4, 0.5) is 0 Å². The zero-order valence-electron chi connectivity index (χ0n) is 13.5. The molecule has 1 rings (SSSR count). The Kier molecular flexibility index (Phi) is 8.91. The van der Waals surface area contributed by atoms with E-state index in [9.17, 15) is 10.2 Å². The van der Waals surface area contributed by atoms with Crippen LogP contribution in [0, 0.1) is 0 Å². The first-order valence-corrected chi connectivity index (χ1v) is 8.24. The number of aliphatic hydroxyl groups is 1. The Bertz CT molecular complexity index is 390. The Morgan fingerprint density at radius 1 is 1.00 bits per heavy atom. The van der Waals surface area contributed by atoms with Gasteiger partial charge in [-0.2, -0.15) is 0 Å². The quantitative estimate of drug-likeness (QED) is 0.567. The Morgan fingerprint density at radius 3 is 2.24 bits per heavy atom. The van der Waals surface area contributed by atoms with Crippen molar-refractivity contribution in [2.24, 2.45) is 0 Å². The van der Waals surface area contributed by atoms with Crippen LogP contribution in [0.1, 0.15) is 76.4 Å². The van der Waals surface area contributed by atoms with Crippen LogP contribution in [0.2, 0.25) is 0 Å². The summed E-state index contributed by atoms with van der Waals surface area (Å²) in [6.45, 7) is 2.24. The highest BCUT2D eigenvalue weighted by Gasteiger charge is 2.10. The number of ether oxygens (including phenoxy) is 1. The second kappa shape index (κ2) is 10.5. The first-order chi connectivity index (χ1) is 10.2. The standard InChI is InChI=1S/C18H30O3/c1-3-4-5-6-7-8-9-10-11-16(19)15-12-13-17(20)18(14-15)21-2/h12-14,16,19-20H,3-11H2,1-2H3/t16-/m1/s1. The largest absolute Gasteiger partial charge is 0.504 e. The summed E-state index contributed by atoms with van der Waals surface area (Å²) in [5.41, 5.74) is 0.813. The molecule has 1 aromatic rings. The molecular formula is C18H30O3. The number of aliphatic hydroxyl groups excluding tert-OH is 1. The minimum absolute atomic E-state index is 0.112. The van der Waals surface area contributed by atoms with E-state index in [1.165, 1.54) is 52.1 Å². The van der Waals surface area contributed by atoms with Gasteiger partial charge in [-0.25, -0.2) is 0 Å². The summed E-state index contributed by atoms with van der Waals surface area (Å²) in [6, 6.07) is 5.04. The smallest absolute Gasteiger partial charge is 0.160 e. The van der Waals surface area contributed by atoms with Gasteiger partial charge in [0.2, 0.25) is 0 Å². The van der Waals surface area contributed by atoms with E-state index >= 15 is 0 Å². The van der Waals surface area contributed by atoms with E-state index in [4.69, 9.17) is 4.74 Å². The zero-order valence-corrected chi connectivity index (χ0v) is 13.5. The molecule has 0 aromatic heterocycles. The number of phenolic OH excluding ortho intramolecular Hbond substituents is 1. The zero-order chi connectivity index (χ0) is 15.5. The topological polar surface area (TPSA) is 49.7 Å². The van der Waals surface area contributed by atoms with Crippen molar-refractivity contribution in [3.8, 4) is 11.5 Å². The second-order valence-corrected chi connectivity index (χ2v) is 5.71. The normalized spacial score (nSPS) is 12.3. The van der Waals surface area contributed by atoms with Crippen LogP contribution in [-0.2, 0) is 0 Å². The summed E-state index contributed by atoms with van der Waals surface area (Å²) in [7, 11) is 1.52. The number of methoxy groups -OCH3 is 1. The molecule has 1 aromatic carbocycles. The molecule has 0 saturated heterocycles. The highest BCUT2D eigenvalue weighted by molar-refractivity contribution is 5.42. The fourth-order valence-electron chi connectivity index (χ4n) is 2.54. The number of rotatable bonds is 11. The highest BCUT2D eigenvalue weighted by atomic mass is 16.5. The van der Waals surface area contributed by atoms with Crippen molar-refractivity contribution in [2.45, 2.75) is 70.8 Å². The van der Waals surface area contributed by atoms with Gasteiger partial charge in [-0.1, -0.05) is 64.4 Å². The first-order valence-electron chi connectivity index (χ1n) is 8.24. The number of hydrogen-bond acceptors (Lipinski definition) is 3. The van der Waals surface area contributed by atoms with E-state index in [1.54, 1.807) is 18.2 Å². The molecular weight excluding hydrogens is 264 g/mol. The summed E-state index contributed by atoms with van der Waals surface area (Å²) in [6.07, 6.45) is 10.4. The van der Waals surface area contributed by atoms with Crippen LogP contribution in [-0.4, -0.2) is 17.3 Å². The Hall–Kier alpha value is -1.22. The molecule has 0 radical (unpaired) electrons. The molecule has 21 heavy (non-hydrogen) atoms. The van der Waals surface area contributed by atoms with Crippen molar-refractivity contribution in [3.63, 3.8) is 0 Å². The maximum absolute atomic E-state index is 10.2. The van der Waals surface area contributed by atoms with Gasteiger partial charge in [0.05, 0.1) is 13.2 Å². The van der Waals surface area contributed by atoms with Crippen LogP contribution in [0.15, 0.2) is 18.2 Å². The molecule has 3 heteroatoms. The lowest BCUT2D eigenvalue weighted by Gasteiger charge is -2.13. The van der Waals surface area contributed by atoms with Crippen LogP contribution < -0.4 is 4.74 Å². The summed E-state index contributed by atoms with van der Waals surface area (Å²) >= 11 is 0. The molecule has 3 nitrogen and oxygen atoms in total. The minimum Gasteiger partial charge on any atom is -0.504 e. The number of unbranched alkanes of at least 4 members (excludes halogenated alkanes) is 7. The molecule has 0 bridgehead atoms. The highest BCUT2D eigenvalue weighted by Crippen LogP contribution is 2.30. The number of hydrogen-bond donors (Lipinski definition) is 2. The van der Waals surface area contributed by atoms with E-state index < -0.39 is 6.10 Å². The lowest BCUT2D eigenvalue weighted by atomic mass is 10.0. The van der Waals surface area contributed by atoms with Crippen LogP contribution in [0.5, 0.6) is 11.5 Å². The Morgan fingerprint density at radius 2 is 1.62 bits per heavy atom. The van der Waals surface area contributed by atoms with Crippen molar-refractivity contribution in [3.05, 3.63) is 23.8 Å². The molecule has 0 aliphatic rings. The molecule has 0 aliphatic carbocycles. The predicted octanol–water partition coefficient (Wildman–Crippen LogP) is 4.97. The van der Waals surface area contributed by atoms with Gasteiger partial charge in [0.1, 0.15) is 0 Å². The third kappa shape index (κ3) is 6.85. The van der Waals surface area contributed by atoms with E-state index in [-0.39, 0.29) is 5.75 Å². The van der Waals surface area contributed by atoms with Crippen molar-refractivity contribution < 1.29 is 14.9 Å². The van der Waals surface area contributed by atoms with Crippen molar-refractivity contribution in [1.82, 2.24) is 0 Å². The molecule has 0 saturated carbocycles. The molecule has 2 N–H and O–H groups in total. The van der Waals surface area contributed by atoms with Gasteiger partial charge in [0.25, 0.3) is 0 Å². The summed E-state index contributed by atoms with van der Waals surface area (Å²) in [5.74, 6) is 0.531. The van der Waals surface area contributed by atoms with Gasteiger partial charge >= 0.3 is 0 Å². The molecule has 1 atom stereocenters. The van der Waals surface area contributed by atoms with Crippen LogP contribution >= 0.6 is 0 Å². The lowest BCUT2D eigenvalue weighted by molar-refractivity contribution is 0.163. The van der Waals surface area contributed by atoms with Gasteiger partial charge in [0, 0.05) is 0 Å². The average Bonchev–Trinajstić information content (AvgIpc) is 2.50. The lowest BCUT2D eigenvalue weighted by Crippen LogP contribution is -1.98. The monoisotopic (exact) mass is 294 g/mol. The SMILES string of the molecule is CCCCCCCCCC[C@@H](O)c1ccc(O)c(OC)c1. The van der Waals surface area contributed by atoms with Crippen LogP contribution in [0.3, 0.4) is 0 Å². The summed E-state index contributed by atoms with van der Waals surface area (Å²) < 4.78 is 5.06. The molecule has 0 spiro atoms. The number of phenols is 1. The van der Waals surface area contributed by atoms with Gasteiger partial charge in [-0.3, -0.25) is 0 Å². The van der Waals surface area contributed by atoms with Gasteiger partial charge < -0.3 is 14.9 Å². The molecule has 0 fully saturated rings. The van der Waals surface area contributed by atoms with Gasteiger partial charge in [-0.05, 0) is 24.1 Å². The van der Waals surface area contributed by atoms with Crippen molar-refractivity contribution >= 4 is 0 Å². The third-order valence-electron chi connectivity index (χ3n) is 3.92. The van der Waals surface area contributed by atoms with Crippen LogP contribution in [0.25, 0.3) is 0 Å². The van der Waals surface area contributed by atoms with Gasteiger partial charge in [0.15, 0.2) is 11.5 Å². The Labute approximate surface area is 129 Å². The molecule has 0 heterocycles. The average molecular weight is 294 g/mol. The summed E-state index contributed by atoms with van der Waals surface area (Å²) in [4.78, 5) is 0. The first kappa shape index (κ1) is 17.8. The van der Waals surface area contributed by atoms with E-state index in [2.05, 4.69) is 6.92 Å². The van der Waals surface area contributed by atoms with Gasteiger partial charge in [-0.15, -0.1) is 0 Å². The predicted molar refractivity (Wildman–Crippen MR) is 86.8 cm³/mol. The third-order valence-corrected chi connectivity index (χ3v) is 3.92. The minimum atomic E-state index is -0.473. The Balaban J connectivity index is 2.20. The maximum Gasteiger partial charge on any atom is 0.160 e. The van der Waals surface area contributed by atoms with Crippen molar-refractivity contribution in [1.29, 1.82) is 0 Å². The second-order valence-electron chi connectivity index (χ2n) is 5.71. The molecule has 120 valence electrons.